The van der Waals surface area contributed by atoms with E-state index in [0.29, 0.717) is 17.3 Å². The van der Waals surface area contributed by atoms with Gasteiger partial charge in [-0.1, -0.05) is 41.4 Å². The Labute approximate surface area is 128 Å². The van der Waals surface area contributed by atoms with Crippen molar-refractivity contribution in [2.24, 2.45) is 0 Å². The maximum absolute atomic E-state index is 11.7. The highest BCUT2D eigenvalue weighted by molar-refractivity contribution is 6.39. The lowest BCUT2D eigenvalue weighted by Crippen LogP contribution is -2.34. The molecule has 2 aromatic rings. The van der Waals surface area contributed by atoms with Crippen LogP contribution in [0.4, 0.5) is 5.69 Å². The van der Waals surface area contributed by atoms with Gasteiger partial charge in [0.15, 0.2) is 0 Å². The Bertz CT molecular complexity index is 636. The van der Waals surface area contributed by atoms with E-state index < -0.39 is 11.8 Å². The zero-order chi connectivity index (χ0) is 15.2. The topological polar surface area (TPSA) is 58.2 Å². The number of aryl methyl sites for hydroxylation is 1. The molecular weight excluding hydrogens is 288 g/mol. The van der Waals surface area contributed by atoms with Crippen molar-refractivity contribution < 1.29 is 9.59 Å². The van der Waals surface area contributed by atoms with E-state index in [1.54, 1.807) is 24.3 Å². The molecule has 4 nitrogen and oxygen atoms in total. The molecule has 0 atom stereocenters. The predicted octanol–water partition coefficient (Wildman–Crippen LogP) is 2.90. The van der Waals surface area contributed by atoms with E-state index in [2.05, 4.69) is 10.6 Å². The summed E-state index contributed by atoms with van der Waals surface area (Å²) in [6, 6.07) is 14.3. The zero-order valence-corrected chi connectivity index (χ0v) is 12.3. The van der Waals surface area contributed by atoms with Crippen molar-refractivity contribution in [2.45, 2.75) is 13.5 Å². The van der Waals surface area contributed by atoms with Crippen LogP contribution in [-0.4, -0.2) is 11.8 Å². The molecule has 0 spiro atoms. The second-order valence-corrected chi connectivity index (χ2v) is 5.07. The third-order valence-electron chi connectivity index (χ3n) is 2.88. The summed E-state index contributed by atoms with van der Waals surface area (Å²) in [4.78, 5) is 23.4. The van der Waals surface area contributed by atoms with Crippen LogP contribution in [0.1, 0.15) is 11.1 Å². The van der Waals surface area contributed by atoms with Crippen LogP contribution in [0, 0.1) is 6.92 Å². The molecule has 0 aromatic heterocycles. The number of anilines is 1. The van der Waals surface area contributed by atoms with Gasteiger partial charge in [-0.3, -0.25) is 9.59 Å². The molecule has 0 heterocycles. The molecule has 0 radical (unpaired) electrons. The number of carbonyl (C=O) groups excluding carboxylic acids is 2. The minimum absolute atomic E-state index is 0.313. The number of hydrogen-bond donors (Lipinski definition) is 2. The Balaban J connectivity index is 1.86. The van der Waals surface area contributed by atoms with Crippen molar-refractivity contribution in [1.29, 1.82) is 0 Å². The molecule has 0 aliphatic rings. The molecule has 0 unspecified atom stereocenters. The summed E-state index contributed by atoms with van der Waals surface area (Å²) in [5.41, 5.74) is 2.61. The highest BCUT2D eigenvalue weighted by Gasteiger charge is 2.13. The average Bonchev–Trinajstić information content (AvgIpc) is 2.48. The summed E-state index contributed by atoms with van der Waals surface area (Å²) >= 11 is 5.75. The summed E-state index contributed by atoms with van der Waals surface area (Å²) in [5, 5.41) is 5.64. The summed E-state index contributed by atoms with van der Waals surface area (Å²) in [5.74, 6) is -1.38. The fraction of sp³-hybridized carbons (Fsp3) is 0.125. The minimum atomic E-state index is -0.704. The molecule has 0 saturated carbocycles. The average molecular weight is 303 g/mol. The van der Waals surface area contributed by atoms with Crippen LogP contribution in [0.25, 0.3) is 0 Å². The van der Waals surface area contributed by atoms with Crippen molar-refractivity contribution in [1.82, 2.24) is 5.32 Å². The standard InChI is InChI=1S/C16H15ClN2O2/c1-11-2-4-12(5-3-11)10-18-15(20)16(21)19-14-8-6-13(17)7-9-14/h2-9H,10H2,1H3,(H,18,20)(H,19,21). The largest absolute Gasteiger partial charge is 0.344 e. The SMILES string of the molecule is Cc1ccc(CNC(=O)C(=O)Nc2ccc(Cl)cc2)cc1. The molecular formula is C16H15ClN2O2. The number of amides is 2. The van der Waals surface area contributed by atoms with Gasteiger partial charge in [0.1, 0.15) is 0 Å². The van der Waals surface area contributed by atoms with Gasteiger partial charge in [0.25, 0.3) is 0 Å². The Morgan fingerprint density at radius 3 is 2.19 bits per heavy atom. The monoisotopic (exact) mass is 302 g/mol. The number of benzene rings is 2. The van der Waals surface area contributed by atoms with Crippen molar-refractivity contribution in [3.63, 3.8) is 0 Å². The van der Waals surface area contributed by atoms with Gasteiger partial charge in [0.2, 0.25) is 0 Å². The van der Waals surface area contributed by atoms with E-state index in [9.17, 15) is 9.59 Å². The third kappa shape index (κ3) is 4.61. The van der Waals surface area contributed by atoms with Crippen LogP contribution < -0.4 is 10.6 Å². The highest BCUT2D eigenvalue weighted by Crippen LogP contribution is 2.13. The first-order valence-electron chi connectivity index (χ1n) is 6.45. The van der Waals surface area contributed by atoms with E-state index in [1.807, 2.05) is 31.2 Å². The minimum Gasteiger partial charge on any atom is -0.344 e. The number of hydrogen-bond acceptors (Lipinski definition) is 2. The van der Waals surface area contributed by atoms with Crippen LogP contribution in [0.5, 0.6) is 0 Å². The van der Waals surface area contributed by atoms with Gasteiger partial charge in [-0.25, -0.2) is 0 Å². The van der Waals surface area contributed by atoms with Gasteiger partial charge in [0, 0.05) is 17.3 Å². The number of carbonyl (C=O) groups is 2. The first-order chi connectivity index (χ1) is 10.0. The van der Waals surface area contributed by atoms with Crippen molar-refractivity contribution >= 4 is 29.1 Å². The molecule has 2 N–H and O–H groups in total. The summed E-state index contributed by atoms with van der Waals surface area (Å²) in [6.45, 7) is 2.30. The predicted molar refractivity (Wildman–Crippen MR) is 83.1 cm³/mol. The number of nitrogens with one attached hydrogen (secondary N) is 2. The number of rotatable bonds is 3. The van der Waals surface area contributed by atoms with Gasteiger partial charge < -0.3 is 10.6 Å². The molecule has 2 aromatic carbocycles. The van der Waals surface area contributed by atoms with Gasteiger partial charge in [-0.2, -0.15) is 0 Å². The summed E-state index contributed by atoms with van der Waals surface area (Å²) in [6.07, 6.45) is 0. The molecule has 2 amide bonds. The quantitative estimate of drug-likeness (QED) is 0.857. The van der Waals surface area contributed by atoms with E-state index >= 15 is 0 Å². The first-order valence-corrected chi connectivity index (χ1v) is 6.83. The third-order valence-corrected chi connectivity index (χ3v) is 3.13. The first kappa shape index (κ1) is 15.1. The lowest BCUT2D eigenvalue weighted by Gasteiger charge is -2.07. The Morgan fingerprint density at radius 2 is 1.57 bits per heavy atom. The zero-order valence-electron chi connectivity index (χ0n) is 11.5. The van der Waals surface area contributed by atoms with Crippen molar-refractivity contribution in [3.05, 3.63) is 64.7 Å². The van der Waals surface area contributed by atoms with Crippen LogP contribution >= 0.6 is 11.6 Å². The smallest absolute Gasteiger partial charge is 0.313 e. The number of halogens is 1. The van der Waals surface area contributed by atoms with Gasteiger partial charge in [0.05, 0.1) is 0 Å². The molecule has 0 aliphatic carbocycles. The summed E-state index contributed by atoms with van der Waals surface area (Å²) < 4.78 is 0. The normalized spacial score (nSPS) is 10.0. The Morgan fingerprint density at radius 1 is 0.952 bits per heavy atom. The maximum Gasteiger partial charge on any atom is 0.313 e. The molecule has 21 heavy (non-hydrogen) atoms. The molecule has 0 bridgehead atoms. The van der Waals surface area contributed by atoms with Gasteiger partial charge in [-0.05, 0) is 36.8 Å². The second-order valence-electron chi connectivity index (χ2n) is 4.63. The van der Waals surface area contributed by atoms with Crippen LogP contribution in [0.2, 0.25) is 5.02 Å². The van der Waals surface area contributed by atoms with Gasteiger partial charge >= 0.3 is 11.8 Å². The molecule has 108 valence electrons. The van der Waals surface area contributed by atoms with Crippen LogP contribution in [0.15, 0.2) is 48.5 Å². The van der Waals surface area contributed by atoms with Gasteiger partial charge in [-0.15, -0.1) is 0 Å². The van der Waals surface area contributed by atoms with E-state index in [1.165, 1.54) is 0 Å². The van der Waals surface area contributed by atoms with Crippen LogP contribution in [0.3, 0.4) is 0 Å². The second kappa shape index (κ2) is 6.90. The molecule has 5 heteroatoms. The summed E-state index contributed by atoms with van der Waals surface area (Å²) in [7, 11) is 0. The molecule has 0 saturated heterocycles. The van der Waals surface area contributed by atoms with Crippen LogP contribution in [-0.2, 0) is 16.1 Å². The highest BCUT2D eigenvalue weighted by atomic mass is 35.5. The van der Waals surface area contributed by atoms with E-state index in [0.717, 1.165) is 11.1 Å². The van der Waals surface area contributed by atoms with Crippen molar-refractivity contribution in [2.75, 3.05) is 5.32 Å². The molecule has 0 aliphatic heterocycles. The molecule has 2 rings (SSSR count). The lowest BCUT2D eigenvalue weighted by molar-refractivity contribution is -0.136. The van der Waals surface area contributed by atoms with E-state index in [-0.39, 0.29) is 0 Å². The fourth-order valence-corrected chi connectivity index (χ4v) is 1.82. The van der Waals surface area contributed by atoms with Crippen molar-refractivity contribution in [3.8, 4) is 0 Å². The Kier molecular flexibility index (Phi) is 4.95. The lowest BCUT2D eigenvalue weighted by atomic mass is 10.1. The van der Waals surface area contributed by atoms with E-state index in [4.69, 9.17) is 11.6 Å². The molecule has 0 fully saturated rings. The Hall–Kier alpha value is -2.33. The maximum atomic E-state index is 11.7. The fourth-order valence-electron chi connectivity index (χ4n) is 1.69.